The van der Waals surface area contributed by atoms with Crippen LogP contribution in [0.5, 0.6) is 0 Å². The van der Waals surface area contributed by atoms with Crippen molar-refractivity contribution in [1.82, 2.24) is 0 Å². The Morgan fingerprint density at radius 1 is 1.60 bits per heavy atom. The largest absolute Gasteiger partial charge is 0.469 e. The van der Waals surface area contributed by atoms with Crippen LogP contribution in [0.1, 0.15) is 15.9 Å². The minimum atomic E-state index is -0.736. The van der Waals surface area contributed by atoms with E-state index >= 15 is 0 Å². The highest BCUT2D eigenvalue weighted by Gasteiger charge is 2.13. The fourth-order valence-electron chi connectivity index (χ4n) is 1.11. The molecule has 1 rings (SSSR count). The number of rotatable bonds is 3. The molecule has 0 aliphatic carbocycles. The van der Waals surface area contributed by atoms with Gasteiger partial charge in [-0.25, -0.2) is 4.39 Å². The van der Waals surface area contributed by atoms with Gasteiger partial charge in [0.15, 0.2) is 6.29 Å². The van der Waals surface area contributed by atoms with Gasteiger partial charge in [0, 0.05) is 10.6 Å². The fourth-order valence-corrected chi connectivity index (χ4v) is 1.36. The van der Waals surface area contributed by atoms with Gasteiger partial charge in [0.25, 0.3) is 0 Å². The molecule has 0 saturated carbocycles. The van der Waals surface area contributed by atoms with E-state index in [4.69, 9.17) is 11.6 Å². The summed E-state index contributed by atoms with van der Waals surface area (Å²) in [4.78, 5) is 21.4. The minimum absolute atomic E-state index is 0.0523. The average Bonchev–Trinajstić information content (AvgIpc) is 2.22. The third-order valence-electron chi connectivity index (χ3n) is 1.83. The first kappa shape index (κ1) is 11.7. The number of benzene rings is 1. The summed E-state index contributed by atoms with van der Waals surface area (Å²) in [6, 6.07) is 2.49. The average molecular weight is 231 g/mol. The first-order valence-electron chi connectivity index (χ1n) is 4.08. The zero-order valence-corrected chi connectivity index (χ0v) is 8.68. The molecular formula is C10H8ClFO3. The lowest BCUT2D eigenvalue weighted by atomic mass is 10.1. The van der Waals surface area contributed by atoms with E-state index in [0.29, 0.717) is 6.29 Å². The number of esters is 1. The SMILES string of the molecule is COC(=O)Cc1cc(Cl)cc(C=O)c1F. The maximum atomic E-state index is 13.5. The van der Waals surface area contributed by atoms with Crippen LogP contribution >= 0.6 is 11.6 Å². The molecule has 1 aromatic rings. The van der Waals surface area contributed by atoms with E-state index in [2.05, 4.69) is 4.74 Å². The Hall–Kier alpha value is -1.42. The molecule has 0 saturated heterocycles. The van der Waals surface area contributed by atoms with Crippen molar-refractivity contribution in [1.29, 1.82) is 0 Å². The van der Waals surface area contributed by atoms with E-state index in [-0.39, 0.29) is 22.6 Å². The molecule has 0 bridgehead atoms. The predicted molar refractivity (Wildman–Crippen MR) is 52.5 cm³/mol. The lowest BCUT2D eigenvalue weighted by Gasteiger charge is -2.04. The van der Waals surface area contributed by atoms with Crippen molar-refractivity contribution in [2.45, 2.75) is 6.42 Å². The Morgan fingerprint density at radius 3 is 2.80 bits per heavy atom. The number of hydrogen-bond acceptors (Lipinski definition) is 3. The van der Waals surface area contributed by atoms with E-state index in [0.717, 1.165) is 0 Å². The van der Waals surface area contributed by atoms with Crippen molar-refractivity contribution < 1.29 is 18.7 Å². The number of hydrogen-bond donors (Lipinski definition) is 0. The third-order valence-corrected chi connectivity index (χ3v) is 2.05. The highest BCUT2D eigenvalue weighted by molar-refractivity contribution is 6.30. The second-order valence-electron chi connectivity index (χ2n) is 2.84. The summed E-state index contributed by atoms with van der Waals surface area (Å²) in [5.41, 5.74) is -0.113. The molecule has 80 valence electrons. The number of carbonyl (C=O) groups is 2. The molecule has 0 heterocycles. The summed E-state index contributed by atoms with van der Waals surface area (Å²) in [5.74, 6) is -1.33. The highest BCUT2D eigenvalue weighted by atomic mass is 35.5. The maximum Gasteiger partial charge on any atom is 0.310 e. The first-order chi connectivity index (χ1) is 7.08. The number of aldehydes is 1. The lowest BCUT2D eigenvalue weighted by molar-refractivity contribution is -0.139. The molecule has 0 radical (unpaired) electrons. The van der Waals surface area contributed by atoms with Crippen LogP contribution in [0.15, 0.2) is 12.1 Å². The fraction of sp³-hybridized carbons (Fsp3) is 0.200. The third kappa shape index (κ3) is 2.76. The van der Waals surface area contributed by atoms with Crippen molar-refractivity contribution in [2.24, 2.45) is 0 Å². The molecule has 0 aliphatic heterocycles. The van der Waals surface area contributed by atoms with Gasteiger partial charge in [-0.1, -0.05) is 11.6 Å². The van der Waals surface area contributed by atoms with Gasteiger partial charge in [-0.3, -0.25) is 9.59 Å². The van der Waals surface area contributed by atoms with Gasteiger partial charge >= 0.3 is 5.97 Å². The molecule has 0 aromatic heterocycles. The van der Waals surface area contributed by atoms with E-state index < -0.39 is 11.8 Å². The van der Waals surface area contributed by atoms with E-state index in [9.17, 15) is 14.0 Å². The molecule has 0 aliphatic rings. The second kappa shape index (κ2) is 4.89. The molecule has 0 spiro atoms. The Bertz CT molecular complexity index is 404. The number of methoxy groups -OCH3 is 1. The molecule has 5 heteroatoms. The van der Waals surface area contributed by atoms with Crippen LogP contribution in [-0.2, 0) is 16.0 Å². The van der Waals surface area contributed by atoms with Crippen molar-refractivity contribution in [3.63, 3.8) is 0 Å². The van der Waals surface area contributed by atoms with Gasteiger partial charge in [-0.2, -0.15) is 0 Å². The van der Waals surface area contributed by atoms with Gasteiger partial charge in [-0.05, 0) is 12.1 Å². The topological polar surface area (TPSA) is 43.4 Å². The van der Waals surface area contributed by atoms with Crippen LogP contribution in [0.25, 0.3) is 0 Å². The lowest BCUT2D eigenvalue weighted by Crippen LogP contribution is -2.07. The Balaban J connectivity index is 3.11. The van der Waals surface area contributed by atoms with Gasteiger partial charge < -0.3 is 4.74 Å². The highest BCUT2D eigenvalue weighted by Crippen LogP contribution is 2.19. The first-order valence-corrected chi connectivity index (χ1v) is 4.46. The minimum Gasteiger partial charge on any atom is -0.469 e. The van der Waals surface area contributed by atoms with Crippen molar-refractivity contribution in [2.75, 3.05) is 7.11 Å². The molecule has 0 unspecified atom stereocenters. The van der Waals surface area contributed by atoms with Gasteiger partial charge in [0.2, 0.25) is 0 Å². The van der Waals surface area contributed by atoms with Crippen LogP contribution in [-0.4, -0.2) is 19.4 Å². The van der Waals surface area contributed by atoms with Crippen molar-refractivity contribution in [3.8, 4) is 0 Å². The summed E-state index contributed by atoms with van der Waals surface area (Å²) in [7, 11) is 1.20. The zero-order valence-electron chi connectivity index (χ0n) is 7.92. The van der Waals surface area contributed by atoms with E-state index in [1.54, 1.807) is 0 Å². The van der Waals surface area contributed by atoms with E-state index in [1.165, 1.54) is 19.2 Å². The number of carbonyl (C=O) groups excluding carboxylic acids is 2. The zero-order chi connectivity index (χ0) is 11.4. The molecule has 15 heavy (non-hydrogen) atoms. The second-order valence-corrected chi connectivity index (χ2v) is 3.28. The van der Waals surface area contributed by atoms with Crippen LogP contribution in [0.2, 0.25) is 5.02 Å². The monoisotopic (exact) mass is 230 g/mol. The molecule has 1 aromatic carbocycles. The Morgan fingerprint density at radius 2 is 2.27 bits per heavy atom. The molecule has 0 N–H and O–H groups in total. The van der Waals surface area contributed by atoms with E-state index in [1.807, 2.05) is 0 Å². The molecular weight excluding hydrogens is 223 g/mol. The quantitative estimate of drug-likeness (QED) is 0.589. The smallest absolute Gasteiger partial charge is 0.310 e. The summed E-state index contributed by atoms with van der Waals surface area (Å²) >= 11 is 5.65. The normalized spacial score (nSPS) is 9.80. The molecule has 0 fully saturated rings. The Labute approximate surface area is 90.8 Å². The van der Waals surface area contributed by atoms with Crippen LogP contribution in [0.4, 0.5) is 4.39 Å². The predicted octanol–water partition coefficient (Wildman–Crippen LogP) is 2.01. The van der Waals surface area contributed by atoms with Gasteiger partial charge in [-0.15, -0.1) is 0 Å². The summed E-state index contributed by atoms with van der Waals surface area (Å²) in [6.45, 7) is 0. The number of halogens is 2. The van der Waals surface area contributed by atoms with Crippen molar-refractivity contribution >= 4 is 23.9 Å². The summed E-state index contributed by atoms with van der Waals surface area (Å²) < 4.78 is 17.8. The van der Waals surface area contributed by atoms with Gasteiger partial charge in [0.05, 0.1) is 19.1 Å². The van der Waals surface area contributed by atoms with Gasteiger partial charge in [0.1, 0.15) is 5.82 Å². The Kier molecular flexibility index (Phi) is 3.80. The summed E-state index contributed by atoms with van der Waals surface area (Å²) in [6.07, 6.45) is 0.103. The van der Waals surface area contributed by atoms with Crippen LogP contribution in [0, 0.1) is 5.82 Å². The number of ether oxygens (including phenoxy) is 1. The molecule has 3 nitrogen and oxygen atoms in total. The van der Waals surface area contributed by atoms with Crippen LogP contribution < -0.4 is 0 Å². The van der Waals surface area contributed by atoms with Crippen molar-refractivity contribution in [3.05, 3.63) is 34.1 Å². The standard InChI is InChI=1S/C10H8ClFO3/c1-15-9(14)4-6-2-8(11)3-7(5-13)10(6)12/h2-3,5H,4H2,1H3. The van der Waals surface area contributed by atoms with Crippen LogP contribution in [0.3, 0.4) is 0 Å². The molecule has 0 amide bonds. The molecule has 0 atom stereocenters. The summed E-state index contributed by atoms with van der Waals surface area (Å²) in [5, 5.41) is 0.206. The maximum absolute atomic E-state index is 13.5.